The van der Waals surface area contributed by atoms with E-state index in [1.807, 2.05) is 6.92 Å². The summed E-state index contributed by atoms with van der Waals surface area (Å²) >= 11 is 1.53. The first-order valence-electron chi connectivity index (χ1n) is 5.13. The highest BCUT2D eigenvalue weighted by Gasteiger charge is 2.23. The lowest BCUT2D eigenvalue weighted by atomic mass is 10.0. The number of carbonyl (C=O) groups is 1. The molecule has 82 valence electrons. The van der Waals surface area contributed by atoms with E-state index >= 15 is 0 Å². The maximum atomic E-state index is 11.8. The number of nitrogen functional groups attached to an aromatic ring is 1. The van der Waals surface area contributed by atoms with Crippen LogP contribution in [0.15, 0.2) is 0 Å². The molecule has 1 aromatic rings. The molecule has 4 N–H and O–H groups in total. The number of rotatable bonds is 2. The SMILES string of the molecule is CCNC(=O)c1c(N)sc2c1CCNC2. The Balaban J connectivity index is 2.37. The molecule has 0 spiro atoms. The molecule has 1 aliphatic heterocycles. The second kappa shape index (κ2) is 4.20. The lowest BCUT2D eigenvalue weighted by molar-refractivity contribution is 0.0956. The predicted octanol–water partition coefficient (Wildman–Crippen LogP) is 0.726. The molecule has 5 heteroatoms. The highest BCUT2D eigenvalue weighted by molar-refractivity contribution is 7.16. The Kier molecular flexibility index (Phi) is 2.93. The van der Waals surface area contributed by atoms with Gasteiger partial charge in [-0.15, -0.1) is 11.3 Å². The summed E-state index contributed by atoms with van der Waals surface area (Å²) in [7, 11) is 0. The van der Waals surface area contributed by atoms with Gasteiger partial charge >= 0.3 is 0 Å². The zero-order chi connectivity index (χ0) is 10.8. The molecule has 4 nitrogen and oxygen atoms in total. The molecule has 1 amide bonds. The molecule has 15 heavy (non-hydrogen) atoms. The maximum Gasteiger partial charge on any atom is 0.254 e. The Hall–Kier alpha value is -1.07. The Morgan fingerprint density at radius 1 is 1.67 bits per heavy atom. The van der Waals surface area contributed by atoms with E-state index in [0.717, 1.165) is 25.1 Å². The highest BCUT2D eigenvalue weighted by atomic mass is 32.1. The third-order valence-corrected chi connectivity index (χ3v) is 3.58. The lowest BCUT2D eigenvalue weighted by Gasteiger charge is -2.13. The molecule has 0 radical (unpaired) electrons. The van der Waals surface area contributed by atoms with Gasteiger partial charge in [0.15, 0.2) is 0 Å². The molecular formula is C10H15N3OS. The molecule has 2 rings (SSSR count). The quantitative estimate of drug-likeness (QED) is 0.695. The van der Waals surface area contributed by atoms with E-state index in [1.54, 1.807) is 0 Å². The molecule has 0 saturated heterocycles. The highest BCUT2D eigenvalue weighted by Crippen LogP contribution is 2.32. The van der Waals surface area contributed by atoms with Crippen molar-refractivity contribution in [3.63, 3.8) is 0 Å². The number of nitrogens with one attached hydrogen (secondary N) is 2. The summed E-state index contributed by atoms with van der Waals surface area (Å²) in [6, 6.07) is 0. The number of hydrogen-bond donors (Lipinski definition) is 3. The normalized spacial score (nSPS) is 14.7. The van der Waals surface area contributed by atoms with Crippen LogP contribution in [0, 0.1) is 0 Å². The van der Waals surface area contributed by atoms with Crippen LogP contribution in [0.4, 0.5) is 5.00 Å². The van der Waals surface area contributed by atoms with Gasteiger partial charge in [-0.05, 0) is 25.5 Å². The minimum atomic E-state index is -0.0330. The molecule has 0 aromatic carbocycles. The van der Waals surface area contributed by atoms with Crippen LogP contribution in [0.3, 0.4) is 0 Å². The van der Waals surface area contributed by atoms with Crippen LogP contribution in [-0.4, -0.2) is 19.0 Å². The number of thiophene rings is 1. The Morgan fingerprint density at radius 2 is 2.47 bits per heavy atom. The first kappa shape index (κ1) is 10.4. The second-order valence-electron chi connectivity index (χ2n) is 3.53. The van der Waals surface area contributed by atoms with Gasteiger partial charge in [0.25, 0.3) is 5.91 Å². The summed E-state index contributed by atoms with van der Waals surface area (Å²) in [5.41, 5.74) is 7.73. The standard InChI is InChI=1S/C10H15N3OS/c1-2-13-10(14)8-6-3-4-12-5-7(6)15-9(8)11/h12H,2-5,11H2,1H3,(H,13,14). The van der Waals surface area contributed by atoms with E-state index in [4.69, 9.17) is 5.73 Å². The Morgan fingerprint density at radius 3 is 3.20 bits per heavy atom. The lowest BCUT2D eigenvalue weighted by Crippen LogP contribution is -2.27. The zero-order valence-electron chi connectivity index (χ0n) is 8.72. The third kappa shape index (κ3) is 1.85. The summed E-state index contributed by atoms with van der Waals surface area (Å²) in [6.45, 7) is 4.31. The second-order valence-corrected chi connectivity index (χ2v) is 4.67. The van der Waals surface area contributed by atoms with E-state index in [2.05, 4.69) is 10.6 Å². The molecular weight excluding hydrogens is 210 g/mol. The number of carbonyl (C=O) groups excluding carboxylic acids is 1. The van der Waals surface area contributed by atoms with Crippen LogP contribution in [0.25, 0.3) is 0 Å². The first-order chi connectivity index (χ1) is 7.24. The van der Waals surface area contributed by atoms with Crippen LogP contribution in [0.2, 0.25) is 0 Å². The van der Waals surface area contributed by atoms with Gasteiger partial charge in [0.2, 0.25) is 0 Å². The van der Waals surface area contributed by atoms with Gasteiger partial charge in [-0.2, -0.15) is 0 Å². The van der Waals surface area contributed by atoms with Crippen molar-refractivity contribution < 1.29 is 4.79 Å². The van der Waals surface area contributed by atoms with E-state index in [9.17, 15) is 4.79 Å². The van der Waals surface area contributed by atoms with Gasteiger partial charge in [0.05, 0.1) is 10.6 Å². The molecule has 0 aliphatic carbocycles. The van der Waals surface area contributed by atoms with Crippen LogP contribution in [-0.2, 0) is 13.0 Å². The average molecular weight is 225 g/mol. The molecule has 0 bridgehead atoms. The maximum absolute atomic E-state index is 11.8. The van der Waals surface area contributed by atoms with E-state index in [-0.39, 0.29) is 5.91 Å². The Bertz CT molecular complexity index is 386. The largest absolute Gasteiger partial charge is 0.390 e. The van der Waals surface area contributed by atoms with Gasteiger partial charge in [-0.3, -0.25) is 4.79 Å². The van der Waals surface area contributed by atoms with Crippen LogP contribution >= 0.6 is 11.3 Å². The average Bonchev–Trinajstić information content (AvgIpc) is 2.54. The molecule has 1 aliphatic rings. The van der Waals surface area contributed by atoms with Crippen molar-refractivity contribution in [2.24, 2.45) is 0 Å². The monoisotopic (exact) mass is 225 g/mol. The van der Waals surface area contributed by atoms with Crippen molar-refractivity contribution in [2.75, 3.05) is 18.8 Å². The summed E-state index contributed by atoms with van der Waals surface area (Å²) in [5, 5.41) is 6.73. The van der Waals surface area contributed by atoms with Gasteiger partial charge in [-0.1, -0.05) is 0 Å². The molecule has 2 heterocycles. The molecule has 0 fully saturated rings. The summed E-state index contributed by atoms with van der Waals surface area (Å²) < 4.78 is 0. The molecule has 0 saturated carbocycles. The van der Waals surface area contributed by atoms with Crippen molar-refractivity contribution in [3.8, 4) is 0 Å². The number of fused-ring (bicyclic) bond motifs is 1. The number of nitrogens with two attached hydrogens (primary N) is 1. The fourth-order valence-corrected chi connectivity index (χ4v) is 2.94. The van der Waals surface area contributed by atoms with E-state index < -0.39 is 0 Å². The van der Waals surface area contributed by atoms with Crippen molar-refractivity contribution in [3.05, 3.63) is 16.0 Å². The zero-order valence-corrected chi connectivity index (χ0v) is 9.54. The van der Waals surface area contributed by atoms with E-state index in [1.165, 1.54) is 16.2 Å². The first-order valence-corrected chi connectivity index (χ1v) is 5.94. The van der Waals surface area contributed by atoms with Gasteiger partial charge in [0.1, 0.15) is 0 Å². The van der Waals surface area contributed by atoms with Crippen LogP contribution in [0.5, 0.6) is 0 Å². The van der Waals surface area contributed by atoms with Crippen molar-refractivity contribution >= 4 is 22.2 Å². The molecule has 1 aromatic heterocycles. The van der Waals surface area contributed by atoms with Crippen molar-refractivity contribution in [1.29, 1.82) is 0 Å². The van der Waals surface area contributed by atoms with Gasteiger partial charge in [0, 0.05) is 18.0 Å². The third-order valence-electron chi connectivity index (χ3n) is 2.52. The van der Waals surface area contributed by atoms with Gasteiger partial charge in [-0.25, -0.2) is 0 Å². The fourth-order valence-electron chi connectivity index (χ4n) is 1.85. The minimum Gasteiger partial charge on any atom is -0.390 e. The fraction of sp³-hybridized carbons (Fsp3) is 0.500. The molecule has 0 atom stereocenters. The summed E-state index contributed by atoms with van der Waals surface area (Å²) in [4.78, 5) is 13.0. The van der Waals surface area contributed by atoms with Crippen molar-refractivity contribution in [2.45, 2.75) is 19.9 Å². The topological polar surface area (TPSA) is 67.2 Å². The smallest absolute Gasteiger partial charge is 0.254 e. The summed E-state index contributed by atoms with van der Waals surface area (Å²) in [6.07, 6.45) is 0.898. The van der Waals surface area contributed by atoms with Crippen molar-refractivity contribution in [1.82, 2.24) is 10.6 Å². The number of anilines is 1. The van der Waals surface area contributed by atoms with Crippen LogP contribution in [0.1, 0.15) is 27.7 Å². The molecule has 0 unspecified atom stereocenters. The van der Waals surface area contributed by atoms with Crippen LogP contribution < -0.4 is 16.4 Å². The predicted molar refractivity (Wildman–Crippen MR) is 62.1 cm³/mol. The minimum absolute atomic E-state index is 0.0330. The Labute approximate surface area is 92.9 Å². The van der Waals surface area contributed by atoms with E-state index in [0.29, 0.717) is 17.1 Å². The summed E-state index contributed by atoms with van der Waals surface area (Å²) in [5.74, 6) is -0.0330. The number of amides is 1. The number of hydrogen-bond acceptors (Lipinski definition) is 4. The van der Waals surface area contributed by atoms with Gasteiger partial charge < -0.3 is 16.4 Å².